The Kier molecular flexibility index (Phi) is 4.07. The van der Waals surface area contributed by atoms with Crippen LogP contribution in [0.25, 0.3) is 0 Å². The van der Waals surface area contributed by atoms with Gasteiger partial charge in [0.2, 0.25) is 5.91 Å². The first kappa shape index (κ1) is 14.6. The summed E-state index contributed by atoms with van der Waals surface area (Å²) in [6.07, 6.45) is -0.0660. The summed E-state index contributed by atoms with van der Waals surface area (Å²) >= 11 is 1.20. The van der Waals surface area contributed by atoms with Gasteiger partial charge in [-0.15, -0.1) is 0 Å². The third kappa shape index (κ3) is 2.50. The molecule has 8 nitrogen and oxygen atoms in total. The average Bonchev–Trinajstić information content (AvgIpc) is 2.81. The van der Waals surface area contributed by atoms with E-state index >= 15 is 0 Å². The summed E-state index contributed by atoms with van der Waals surface area (Å²) < 4.78 is 15.8. The van der Waals surface area contributed by atoms with Gasteiger partial charge in [0.05, 0.1) is 19.1 Å². The van der Waals surface area contributed by atoms with Crippen LogP contribution in [0.15, 0.2) is 10.8 Å². The molecule has 0 spiro atoms. The molecule has 0 aliphatic carbocycles. The number of carbonyl (C=O) groups is 2. The van der Waals surface area contributed by atoms with Crippen molar-refractivity contribution in [3.63, 3.8) is 0 Å². The van der Waals surface area contributed by atoms with Gasteiger partial charge in [-0.1, -0.05) is 11.8 Å². The van der Waals surface area contributed by atoms with Crippen LogP contribution in [-0.4, -0.2) is 65.1 Å². The number of aliphatic hydroxyl groups is 1. The molecule has 21 heavy (non-hydrogen) atoms. The molecule has 2 saturated heterocycles. The van der Waals surface area contributed by atoms with Crippen LogP contribution in [-0.2, 0) is 23.8 Å². The van der Waals surface area contributed by atoms with Crippen LogP contribution >= 0.6 is 11.8 Å². The second kappa shape index (κ2) is 5.84. The second-order valence-corrected chi connectivity index (χ2v) is 5.97. The van der Waals surface area contributed by atoms with Crippen molar-refractivity contribution in [1.82, 2.24) is 4.90 Å². The van der Waals surface area contributed by atoms with E-state index in [4.69, 9.17) is 19.3 Å². The highest BCUT2D eigenvalue weighted by Crippen LogP contribution is 2.50. The number of aliphatic hydroxyl groups excluding tert-OH is 1. The molecule has 2 fully saturated rings. The van der Waals surface area contributed by atoms with Gasteiger partial charge >= 0.3 is 5.97 Å². The summed E-state index contributed by atoms with van der Waals surface area (Å²) in [5.74, 6) is -1.85. The highest BCUT2D eigenvalue weighted by atomic mass is 32.2. The number of hydrogen-bond donors (Lipinski definition) is 2. The fourth-order valence-corrected chi connectivity index (χ4v) is 3.96. The lowest BCUT2D eigenvalue weighted by molar-refractivity contribution is -0.157. The zero-order chi connectivity index (χ0) is 15.0. The monoisotopic (exact) mass is 317 g/mol. The van der Waals surface area contributed by atoms with Crippen LogP contribution in [0.5, 0.6) is 0 Å². The predicted octanol–water partition coefficient (Wildman–Crippen LogP) is -0.457. The average molecular weight is 317 g/mol. The summed E-state index contributed by atoms with van der Waals surface area (Å²) in [6.45, 7) is 0.721. The fraction of sp³-hybridized carbons (Fsp3) is 0.667. The van der Waals surface area contributed by atoms with Gasteiger partial charge in [-0.2, -0.15) is 0 Å². The molecule has 0 aromatic carbocycles. The third-order valence-corrected chi connectivity index (χ3v) is 4.79. The van der Waals surface area contributed by atoms with E-state index in [0.29, 0.717) is 19.6 Å². The molecule has 3 heterocycles. The first-order chi connectivity index (χ1) is 10.1. The molecule has 9 heteroatoms. The summed E-state index contributed by atoms with van der Waals surface area (Å²) in [6, 6.07) is 0. The zero-order valence-corrected chi connectivity index (χ0v) is 11.9. The zero-order valence-electron chi connectivity index (χ0n) is 11.1. The molecule has 116 valence electrons. The van der Waals surface area contributed by atoms with E-state index < -0.39 is 5.97 Å². The number of aliphatic carboxylic acids is 1. The van der Waals surface area contributed by atoms with E-state index in [9.17, 15) is 14.7 Å². The van der Waals surface area contributed by atoms with E-state index in [1.165, 1.54) is 16.7 Å². The van der Waals surface area contributed by atoms with Crippen LogP contribution in [0, 0.1) is 5.92 Å². The van der Waals surface area contributed by atoms with Gasteiger partial charge in [0.1, 0.15) is 18.3 Å². The van der Waals surface area contributed by atoms with Crippen LogP contribution in [0.1, 0.15) is 6.42 Å². The number of β-lactam (4-membered cyclic amide) rings is 1. The quantitative estimate of drug-likeness (QED) is 0.657. The molecule has 0 saturated carbocycles. The van der Waals surface area contributed by atoms with E-state index in [1.54, 1.807) is 0 Å². The number of thioether (sulfide) groups is 1. The summed E-state index contributed by atoms with van der Waals surface area (Å²) in [7, 11) is 0. The maximum absolute atomic E-state index is 12.0. The van der Waals surface area contributed by atoms with Crippen molar-refractivity contribution in [3.05, 3.63) is 10.8 Å². The van der Waals surface area contributed by atoms with Crippen molar-refractivity contribution >= 4 is 23.6 Å². The number of fused-ring (bicyclic) bond motifs is 1. The molecule has 0 aromatic heterocycles. The van der Waals surface area contributed by atoms with Gasteiger partial charge in [-0.25, -0.2) is 4.79 Å². The van der Waals surface area contributed by atoms with Crippen LogP contribution in [0.4, 0.5) is 0 Å². The van der Waals surface area contributed by atoms with Crippen molar-refractivity contribution in [1.29, 1.82) is 0 Å². The number of carbonyl (C=O) groups excluding carboxylic acids is 1. The number of rotatable bonds is 5. The van der Waals surface area contributed by atoms with Gasteiger partial charge in [-0.05, 0) is 6.42 Å². The predicted molar refractivity (Wildman–Crippen MR) is 69.7 cm³/mol. The van der Waals surface area contributed by atoms with Crippen LogP contribution in [0.3, 0.4) is 0 Å². The number of ether oxygens (including phenoxy) is 3. The van der Waals surface area contributed by atoms with Crippen molar-refractivity contribution in [3.8, 4) is 0 Å². The molecule has 1 amide bonds. The lowest BCUT2D eigenvalue weighted by atomic mass is 9.94. The van der Waals surface area contributed by atoms with Gasteiger partial charge in [-0.3, -0.25) is 9.69 Å². The van der Waals surface area contributed by atoms with Gasteiger partial charge in [0.25, 0.3) is 0 Å². The first-order valence-corrected chi connectivity index (χ1v) is 7.41. The smallest absolute Gasteiger partial charge is 0.357 e. The molecule has 2 N–H and O–H groups in total. The minimum absolute atomic E-state index is 0.107. The first-order valence-electron chi connectivity index (χ1n) is 6.53. The maximum atomic E-state index is 12.0. The number of carboxylic acid groups (broad SMARTS) is 1. The Balaban J connectivity index is 1.75. The topological polar surface area (TPSA) is 106 Å². The minimum atomic E-state index is -1.20. The van der Waals surface area contributed by atoms with E-state index in [-0.39, 0.29) is 47.5 Å². The number of carboxylic acids is 1. The minimum Gasteiger partial charge on any atom is -0.477 e. The molecule has 3 aliphatic heterocycles. The Bertz CT molecular complexity index is 488. The summed E-state index contributed by atoms with van der Waals surface area (Å²) in [5.41, 5.74) is -0.130. The number of nitrogens with zero attached hydrogens (tertiary/aromatic N) is 1. The molecule has 3 aliphatic rings. The van der Waals surface area contributed by atoms with Crippen molar-refractivity contribution in [2.45, 2.75) is 17.9 Å². The SMILES string of the molecule is O=C(O)C1=C(OC2COCOC2)S[C@@H]2[C@H](CCO)C(=O)N12. The standard InChI is InChI=1S/C12H15NO7S/c14-2-1-7-9(15)13-8(11(16)17)12(21-10(7)13)20-6-3-18-5-19-4-6/h6-7,10,14H,1-5H2,(H,16,17)/t7-,10-/m1/s1. The number of amides is 1. The van der Waals surface area contributed by atoms with E-state index in [0.717, 1.165) is 0 Å². The lowest BCUT2D eigenvalue weighted by Crippen LogP contribution is -2.57. The van der Waals surface area contributed by atoms with E-state index in [1.807, 2.05) is 0 Å². The number of hydrogen-bond acceptors (Lipinski definition) is 7. The lowest BCUT2D eigenvalue weighted by Gasteiger charge is -2.41. The molecular weight excluding hydrogens is 302 g/mol. The van der Waals surface area contributed by atoms with Crippen LogP contribution < -0.4 is 0 Å². The molecule has 0 aromatic rings. The maximum Gasteiger partial charge on any atom is 0.357 e. The highest BCUT2D eigenvalue weighted by molar-refractivity contribution is 8.03. The molecule has 0 radical (unpaired) electrons. The molecule has 0 unspecified atom stereocenters. The third-order valence-electron chi connectivity index (χ3n) is 3.51. The normalized spacial score (nSPS) is 29.4. The van der Waals surface area contributed by atoms with Gasteiger partial charge in [0, 0.05) is 6.61 Å². The Hall–Kier alpha value is -1.29. The van der Waals surface area contributed by atoms with E-state index in [2.05, 4.69) is 0 Å². The second-order valence-electron chi connectivity index (χ2n) is 4.88. The Morgan fingerprint density at radius 3 is 2.76 bits per heavy atom. The Morgan fingerprint density at radius 1 is 1.43 bits per heavy atom. The molecule has 2 atom stereocenters. The highest BCUT2D eigenvalue weighted by Gasteiger charge is 2.56. The molecular formula is C12H15NO7S. The van der Waals surface area contributed by atoms with Crippen molar-refractivity contribution < 1.29 is 34.0 Å². The summed E-state index contributed by atoms with van der Waals surface area (Å²) in [5, 5.41) is 18.2. The van der Waals surface area contributed by atoms with Crippen molar-refractivity contribution in [2.24, 2.45) is 5.92 Å². The Morgan fingerprint density at radius 2 is 2.14 bits per heavy atom. The summed E-state index contributed by atoms with van der Waals surface area (Å²) in [4.78, 5) is 24.6. The van der Waals surface area contributed by atoms with Gasteiger partial charge in [0.15, 0.2) is 10.8 Å². The van der Waals surface area contributed by atoms with Crippen molar-refractivity contribution in [2.75, 3.05) is 26.6 Å². The molecule has 3 rings (SSSR count). The fourth-order valence-electron chi connectivity index (χ4n) is 2.52. The van der Waals surface area contributed by atoms with Crippen LogP contribution in [0.2, 0.25) is 0 Å². The van der Waals surface area contributed by atoms with Gasteiger partial charge < -0.3 is 24.4 Å². The molecule has 0 bridgehead atoms. The largest absolute Gasteiger partial charge is 0.477 e. The Labute approximate surface area is 124 Å².